The van der Waals surface area contributed by atoms with E-state index >= 15 is 0 Å². The summed E-state index contributed by atoms with van der Waals surface area (Å²) in [5.74, 6) is -0.554. The highest BCUT2D eigenvalue weighted by atomic mass is 31.0. The molecule has 1 saturated carbocycles. The van der Waals surface area contributed by atoms with E-state index in [1.807, 2.05) is 0 Å². The van der Waals surface area contributed by atoms with Gasteiger partial charge in [0.25, 0.3) is 0 Å². The van der Waals surface area contributed by atoms with Crippen LogP contribution in [0.25, 0.3) is 0 Å². The Morgan fingerprint density at radius 2 is 1.52 bits per heavy atom. The molecule has 0 amide bonds. The van der Waals surface area contributed by atoms with Crippen LogP contribution in [0.15, 0.2) is 18.2 Å². The molecule has 174 valence electrons. The van der Waals surface area contributed by atoms with Crippen LogP contribution < -0.4 is 9.47 Å². The van der Waals surface area contributed by atoms with Crippen LogP contribution in [0.1, 0.15) is 81.5 Å². The van der Waals surface area contributed by atoms with E-state index in [0.717, 1.165) is 44.9 Å². The van der Waals surface area contributed by atoms with E-state index in [-0.39, 0.29) is 11.7 Å². The second-order valence-corrected chi connectivity index (χ2v) is 7.86. The Morgan fingerprint density at radius 1 is 0.968 bits per heavy atom. The minimum Gasteiger partial charge on any atom is -0.496 e. The normalized spacial score (nSPS) is 14.3. The van der Waals surface area contributed by atoms with Crippen LogP contribution in [0.5, 0.6) is 11.5 Å². The van der Waals surface area contributed by atoms with Gasteiger partial charge in [-0.2, -0.15) is 0 Å². The summed E-state index contributed by atoms with van der Waals surface area (Å²) in [5, 5.41) is 0. The zero-order valence-electron chi connectivity index (χ0n) is 19.2. The van der Waals surface area contributed by atoms with Crippen molar-refractivity contribution in [2.24, 2.45) is 11.8 Å². The fourth-order valence-electron chi connectivity index (χ4n) is 4.20. The van der Waals surface area contributed by atoms with Gasteiger partial charge in [-0.3, -0.25) is 9.59 Å². The molecule has 0 heterocycles. The van der Waals surface area contributed by atoms with Crippen molar-refractivity contribution in [1.82, 2.24) is 0 Å². The first-order chi connectivity index (χ1) is 15.1. The Bertz CT molecular complexity index is 650. The Kier molecular flexibility index (Phi) is 13.8. The van der Waals surface area contributed by atoms with Crippen LogP contribution >= 0.6 is 9.12 Å². The van der Waals surface area contributed by atoms with E-state index in [0.29, 0.717) is 23.7 Å². The maximum Gasteiger partial charge on any atom is 0.317 e. The molecule has 1 aliphatic rings. The van der Waals surface area contributed by atoms with E-state index in [9.17, 15) is 9.59 Å². The molecule has 1 fully saturated rings. The molecule has 0 bridgehead atoms. The molecule has 1 aliphatic carbocycles. The van der Waals surface area contributed by atoms with E-state index in [1.54, 1.807) is 18.2 Å². The van der Waals surface area contributed by atoms with Gasteiger partial charge in [-0.25, -0.2) is 0 Å². The van der Waals surface area contributed by atoms with Crippen molar-refractivity contribution in [2.75, 3.05) is 20.8 Å². The van der Waals surface area contributed by atoms with Gasteiger partial charge in [0.05, 0.1) is 20.8 Å². The first-order valence-corrected chi connectivity index (χ1v) is 11.8. The number of hydrogen-bond donors (Lipinski definition) is 0. The molecular formula is C24H38O6P+. The molecule has 2 unspecified atom stereocenters. The highest BCUT2D eigenvalue weighted by Crippen LogP contribution is 2.38. The second-order valence-electron chi connectivity index (χ2n) is 7.86. The summed E-state index contributed by atoms with van der Waals surface area (Å²) in [6.45, 7) is 2.57. The van der Waals surface area contributed by atoms with Crippen LogP contribution in [0.3, 0.4) is 0 Å². The lowest BCUT2D eigenvalue weighted by Gasteiger charge is -2.22. The molecule has 0 aliphatic heterocycles. The van der Waals surface area contributed by atoms with Gasteiger partial charge in [0.2, 0.25) is 0 Å². The third-order valence-electron chi connectivity index (χ3n) is 5.82. The monoisotopic (exact) mass is 453 g/mol. The van der Waals surface area contributed by atoms with Gasteiger partial charge >= 0.3 is 15.1 Å². The van der Waals surface area contributed by atoms with E-state index in [2.05, 4.69) is 6.92 Å². The molecule has 31 heavy (non-hydrogen) atoms. The fraction of sp³-hybridized carbons (Fsp3) is 0.667. The number of benzene rings is 1. The number of ketones is 1. The summed E-state index contributed by atoms with van der Waals surface area (Å²) in [6, 6.07) is 5.22. The first-order valence-electron chi connectivity index (χ1n) is 11.3. The predicted molar refractivity (Wildman–Crippen MR) is 124 cm³/mol. The second kappa shape index (κ2) is 15.8. The van der Waals surface area contributed by atoms with Crippen molar-refractivity contribution in [1.29, 1.82) is 0 Å². The number of carbonyl (C=O) groups is 2. The minimum absolute atomic E-state index is 0.0224. The molecule has 1 aromatic rings. The van der Waals surface area contributed by atoms with Gasteiger partial charge in [-0.05, 0) is 37.3 Å². The predicted octanol–water partition coefficient (Wildman–Crippen LogP) is 5.80. The number of unbranched alkanes of at least 4 members (excludes halogenated alkanes) is 5. The number of esters is 1. The Labute approximate surface area is 188 Å². The lowest BCUT2D eigenvalue weighted by Crippen LogP contribution is -2.33. The Balaban J connectivity index is 0.00000233. The largest absolute Gasteiger partial charge is 0.496 e. The number of ether oxygens (including phenoxy) is 3. The summed E-state index contributed by atoms with van der Waals surface area (Å²) >= 11 is 0. The summed E-state index contributed by atoms with van der Waals surface area (Å²) in [7, 11) is 4.21. The molecule has 0 spiro atoms. The van der Waals surface area contributed by atoms with E-state index in [1.165, 1.54) is 42.6 Å². The first kappa shape index (κ1) is 27.1. The zero-order chi connectivity index (χ0) is 23.1. The van der Waals surface area contributed by atoms with Crippen LogP contribution in [-0.4, -0.2) is 32.6 Å². The van der Waals surface area contributed by atoms with Crippen LogP contribution in [-0.2, 0) is 14.1 Å². The molecule has 6 nitrogen and oxygen atoms in total. The summed E-state index contributed by atoms with van der Waals surface area (Å²) < 4.78 is 24.5. The topological polar surface area (TPSA) is 78.9 Å². The van der Waals surface area contributed by atoms with Crippen molar-refractivity contribution in [2.45, 2.75) is 71.1 Å². The molecule has 2 rings (SSSR count). The van der Waals surface area contributed by atoms with Crippen molar-refractivity contribution in [3.05, 3.63) is 23.8 Å². The third-order valence-corrected chi connectivity index (χ3v) is 5.82. The van der Waals surface area contributed by atoms with E-state index < -0.39 is 11.9 Å². The molecule has 0 radical (unpaired) electrons. The Hall–Kier alpha value is -1.94. The Morgan fingerprint density at radius 3 is 2.06 bits per heavy atom. The highest BCUT2D eigenvalue weighted by Gasteiger charge is 2.40. The average Bonchev–Trinajstić information content (AvgIpc) is 3.33. The van der Waals surface area contributed by atoms with Gasteiger partial charge in [0, 0.05) is 0 Å². The molecule has 0 saturated heterocycles. The van der Waals surface area contributed by atoms with Crippen LogP contribution in [0, 0.1) is 11.8 Å². The quantitative estimate of drug-likeness (QED) is 0.123. The summed E-state index contributed by atoms with van der Waals surface area (Å²) in [4.78, 5) is 26.4. The molecule has 0 N–H and O–H groups in total. The van der Waals surface area contributed by atoms with Crippen molar-refractivity contribution >= 4 is 20.9 Å². The highest BCUT2D eigenvalue weighted by molar-refractivity contribution is 7.00. The lowest BCUT2D eigenvalue weighted by molar-refractivity contribution is -0.148. The zero-order valence-corrected chi connectivity index (χ0v) is 20.3. The SMILES string of the molecule is CCCCCCCCOC(=O)C(C(=O)c1c(OC)cccc1OC)C1CCCC1.O=[PH2+]. The number of Topliss-reactive ketones (excluding diaryl/α,β-unsaturated/α-hetero) is 1. The van der Waals surface area contributed by atoms with Crippen molar-refractivity contribution in [3.8, 4) is 11.5 Å². The maximum absolute atomic E-state index is 13.5. The van der Waals surface area contributed by atoms with Crippen LogP contribution in [0.2, 0.25) is 0 Å². The maximum atomic E-state index is 13.5. The minimum atomic E-state index is -0.789. The van der Waals surface area contributed by atoms with Crippen molar-refractivity contribution in [3.63, 3.8) is 0 Å². The summed E-state index contributed by atoms with van der Waals surface area (Å²) in [6.07, 6.45) is 10.6. The third kappa shape index (κ3) is 8.25. The van der Waals surface area contributed by atoms with Gasteiger partial charge in [-0.15, -0.1) is 0 Å². The van der Waals surface area contributed by atoms with Crippen molar-refractivity contribution < 1.29 is 28.4 Å². The molecule has 1 aromatic carbocycles. The number of hydrogen-bond acceptors (Lipinski definition) is 6. The standard InChI is InChI=1S/C24H36O5.H2OP/c1-4-5-6-7-8-11-17-29-24(26)21(18-13-9-10-14-18)23(25)22-19(27-2)15-12-16-20(22)28-3;1-2/h12,15-16,18,21H,4-11,13-14,17H2,1-3H3;2H2/q;+1. The summed E-state index contributed by atoms with van der Waals surface area (Å²) in [5.41, 5.74) is 0.339. The number of rotatable bonds is 13. The number of methoxy groups -OCH3 is 2. The molecule has 2 atom stereocenters. The lowest BCUT2D eigenvalue weighted by atomic mass is 9.84. The van der Waals surface area contributed by atoms with Gasteiger partial charge in [0.15, 0.2) is 5.78 Å². The van der Waals surface area contributed by atoms with E-state index in [4.69, 9.17) is 18.8 Å². The van der Waals surface area contributed by atoms with Gasteiger partial charge in [0.1, 0.15) is 23.0 Å². The van der Waals surface area contributed by atoms with Gasteiger partial charge in [-0.1, -0.05) is 62.5 Å². The smallest absolute Gasteiger partial charge is 0.317 e. The molecule has 0 aromatic heterocycles. The fourth-order valence-corrected chi connectivity index (χ4v) is 4.20. The molecular weight excluding hydrogens is 415 g/mol. The average molecular weight is 454 g/mol. The van der Waals surface area contributed by atoms with Gasteiger partial charge < -0.3 is 14.2 Å². The van der Waals surface area contributed by atoms with Crippen LogP contribution in [0.4, 0.5) is 0 Å². The number of carbonyl (C=O) groups excluding carboxylic acids is 2. The molecule has 7 heteroatoms.